The first-order valence-electron chi connectivity index (χ1n) is 5.58. The predicted octanol–water partition coefficient (Wildman–Crippen LogP) is 1.91. The maximum Gasteiger partial charge on any atom is 0.223 e. The van der Waals surface area contributed by atoms with Gasteiger partial charge in [0, 0.05) is 26.1 Å². The lowest BCUT2D eigenvalue weighted by molar-refractivity contribution is -0.131. The van der Waals surface area contributed by atoms with Crippen LogP contribution in [0.15, 0.2) is 0 Å². The van der Waals surface area contributed by atoms with Gasteiger partial charge in [0.1, 0.15) is 0 Å². The summed E-state index contributed by atoms with van der Waals surface area (Å²) in [4.78, 5) is 13.6. The molecule has 1 amide bonds. The molecule has 0 aromatic rings. The van der Waals surface area contributed by atoms with E-state index in [1.807, 2.05) is 18.9 Å². The van der Waals surface area contributed by atoms with Gasteiger partial charge in [-0.25, -0.2) is 0 Å². The molecule has 0 aliphatic rings. The van der Waals surface area contributed by atoms with E-state index in [0.29, 0.717) is 12.3 Å². The normalized spacial score (nSPS) is 11.7. The summed E-state index contributed by atoms with van der Waals surface area (Å²) in [7, 11) is 1.87. The first kappa shape index (κ1) is 17.1. The molecule has 0 saturated carbocycles. The van der Waals surface area contributed by atoms with Crippen LogP contribution in [0, 0.1) is 5.92 Å². The number of amides is 1. The van der Waals surface area contributed by atoms with Crippen LogP contribution in [0.5, 0.6) is 0 Å². The molecule has 0 spiro atoms. The Kier molecular flexibility index (Phi) is 11.7. The Bertz CT molecular complexity index is 165. The van der Waals surface area contributed by atoms with E-state index >= 15 is 0 Å². The molecule has 0 aliphatic heterocycles. The third-order valence-corrected chi connectivity index (χ3v) is 2.55. The molecule has 0 heterocycles. The number of carbonyl (C=O) groups excluding carboxylic acids is 1. The van der Waals surface area contributed by atoms with Crippen LogP contribution in [-0.2, 0) is 4.79 Å². The van der Waals surface area contributed by atoms with E-state index in [0.717, 1.165) is 26.1 Å². The summed E-state index contributed by atoms with van der Waals surface area (Å²) in [5, 5.41) is 3.00. The molecule has 1 unspecified atom stereocenters. The molecule has 15 heavy (non-hydrogen) atoms. The smallest absolute Gasteiger partial charge is 0.223 e. The average molecular weight is 237 g/mol. The minimum Gasteiger partial charge on any atom is -0.343 e. The lowest BCUT2D eigenvalue weighted by Crippen LogP contribution is -2.35. The lowest BCUT2D eigenvalue weighted by atomic mass is 10.1. The third-order valence-electron chi connectivity index (χ3n) is 2.55. The zero-order chi connectivity index (χ0) is 11.0. The second-order valence-corrected chi connectivity index (χ2v) is 3.80. The van der Waals surface area contributed by atoms with Crippen LogP contribution < -0.4 is 5.32 Å². The quantitative estimate of drug-likeness (QED) is 0.733. The van der Waals surface area contributed by atoms with E-state index in [9.17, 15) is 4.79 Å². The minimum atomic E-state index is 0. The van der Waals surface area contributed by atoms with Gasteiger partial charge in [-0.05, 0) is 19.9 Å². The van der Waals surface area contributed by atoms with Crippen molar-refractivity contribution in [2.24, 2.45) is 5.92 Å². The molecule has 92 valence electrons. The molecular weight excluding hydrogens is 212 g/mol. The number of halogens is 1. The Labute approximate surface area is 100 Å². The number of nitrogens with one attached hydrogen (secondary N) is 1. The van der Waals surface area contributed by atoms with Gasteiger partial charge in [-0.2, -0.15) is 0 Å². The van der Waals surface area contributed by atoms with Gasteiger partial charge in [-0.15, -0.1) is 12.4 Å². The third kappa shape index (κ3) is 7.63. The van der Waals surface area contributed by atoms with Crippen LogP contribution in [0.1, 0.15) is 33.6 Å². The van der Waals surface area contributed by atoms with E-state index in [2.05, 4.69) is 19.2 Å². The molecule has 0 aliphatic carbocycles. The predicted molar refractivity (Wildman–Crippen MR) is 67.5 cm³/mol. The molecule has 3 nitrogen and oxygen atoms in total. The van der Waals surface area contributed by atoms with Crippen LogP contribution >= 0.6 is 12.4 Å². The van der Waals surface area contributed by atoms with Crippen molar-refractivity contribution in [1.29, 1.82) is 0 Å². The fourth-order valence-corrected chi connectivity index (χ4v) is 1.30. The molecular formula is C11H25ClN2O. The summed E-state index contributed by atoms with van der Waals surface area (Å²) < 4.78 is 0. The van der Waals surface area contributed by atoms with E-state index < -0.39 is 0 Å². The zero-order valence-corrected chi connectivity index (χ0v) is 11.2. The summed E-state index contributed by atoms with van der Waals surface area (Å²) in [6.45, 7) is 8.89. The first-order chi connectivity index (χ1) is 6.65. The van der Waals surface area contributed by atoms with Gasteiger partial charge in [0.15, 0.2) is 0 Å². The molecule has 0 aromatic heterocycles. The number of carbonyl (C=O) groups is 1. The standard InChI is InChI=1S/C11H24N2O.ClH/c1-5-10(3)9-13(6-2)11(14)7-8-12-4;/h10,12H,5-9H2,1-4H3;1H. The van der Waals surface area contributed by atoms with Crippen molar-refractivity contribution in [2.75, 3.05) is 26.7 Å². The molecule has 0 bridgehead atoms. The topological polar surface area (TPSA) is 32.3 Å². The van der Waals surface area contributed by atoms with Gasteiger partial charge >= 0.3 is 0 Å². The van der Waals surface area contributed by atoms with Crippen molar-refractivity contribution in [3.8, 4) is 0 Å². The maximum atomic E-state index is 11.7. The molecule has 4 heteroatoms. The highest BCUT2D eigenvalue weighted by Gasteiger charge is 2.12. The van der Waals surface area contributed by atoms with E-state index in [4.69, 9.17) is 0 Å². The summed E-state index contributed by atoms with van der Waals surface area (Å²) in [6, 6.07) is 0. The van der Waals surface area contributed by atoms with Crippen LogP contribution in [0.4, 0.5) is 0 Å². The fourth-order valence-electron chi connectivity index (χ4n) is 1.30. The number of hydrogen-bond donors (Lipinski definition) is 1. The summed E-state index contributed by atoms with van der Waals surface area (Å²) in [5.41, 5.74) is 0. The number of rotatable bonds is 7. The van der Waals surface area contributed by atoms with Gasteiger partial charge in [-0.3, -0.25) is 4.79 Å². The van der Waals surface area contributed by atoms with Crippen molar-refractivity contribution in [3.05, 3.63) is 0 Å². The van der Waals surface area contributed by atoms with Crippen molar-refractivity contribution in [1.82, 2.24) is 10.2 Å². The highest BCUT2D eigenvalue weighted by atomic mass is 35.5. The van der Waals surface area contributed by atoms with Crippen LogP contribution in [0.3, 0.4) is 0 Å². The maximum absolute atomic E-state index is 11.7. The monoisotopic (exact) mass is 236 g/mol. The Morgan fingerprint density at radius 3 is 2.40 bits per heavy atom. The van der Waals surface area contributed by atoms with E-state index in [1.165, 1.54) is 0 Å². The lowest BCUT2D eigenvalue weighted by Gasteiger charge is -2.24. The molecule has 0 radical (unpaired) electrons. The molecule has 1 N–H and O–H groups in total. The van der Waals surface area contributed by atoms with Crippen LogP contribution in [0.2, 0.25) is 0 Å². The SMILES string of the molecule is CCC(C)CN(CC)C(=O)CCNC.Cl. The Morgan fingerprint density at radius 2 is 2.00 bits per heavy atom. The van der Waals surface area contributed by atoms with Crippen molar-refractivity contribution in [2.45, 2.75) is 33.6 Å². The van der Waals surface area contributed by atoms with Crippen LogP contribution in [0.25, 0.3) is 0 Å². The molecule has 0 rings (SSSR count). The van der Waals surface area contributed by atoms with Gasteiger partial charge in [-0.1, -0.05) is 20.3 Å². The molecule has 0 aromatic carbocycles. The molecule has 0 fully saturated rings. The highest BCUT2D eigenvalue weighted by molar-refractivity contribution is 5.85. The van der Waals surface area contributed by atoms with Crippen molar-refractivity contribution in [3.63, 3.8) is 0 Å². The largest absolute Gasteiger partial charge is 0.343 e. The molecule has 0 saturated heterocycles. The number of hydrogen-bond acceptors (Lipinski definition) is 2. The summed E-state index contributed by atoms with van der Waals surface area (Å²) >= 11 is 0. The van der Waals surface area contributed by atoms with Crippen molar-refractivity contribution >= 4 is 18.3 Å². The van der Waals surface area contributed by atoms with Gasteiger partial charge in [0.25, 0.3) is 0 Å². The molecule has 1 atom stereocenters. The second kappa shape index (κ2) is 10.2. The number of nitrogens with zero attached hydrogens (tertiary/aromatic N) is 1. The summed E-state index contributed by atoms with van der Waals surface area (Å²) in [5.74, 6) is 0.871. The van der Waals surface area contributed by atoms with Gasteiger partial charge in [0.05, 0.1) is 0 Å². The van der Waals surface area contributed by atoms with E-state index in [-0.39, 0.29) is 18.3 Å². The van der Waals surface area contributed by atoms with Gasteiger partial charge < -0.3 is 10.2 Å². The Morgan fingerprint density at radius 1 is 1.40 bits per heavy atom. The van der Waals surface area contributed by atoms with Crippen molar-refractivity contribution < 1.29 is 4.79 Å². The first-order valence-corrected chi connectivity index (χ1v) is 5.58. The highest BCUT2D eigenvalue weighted by Crippen LogP contribution is 2.05. The van der Waals surface area contributed by atoms with Gasteiger partial charge in [0.2, 0.25) is 5.91 Å². The fraction of sp³-hybridized carbons (Fsp3) is 0.909. The van der Waals surface area contributed by atoms with E-state index in [1.54, 1.807) is 0 Å². The second-order valence-electron chi connectivity index (χ2n) is 3.80. The zero-order valence-electron chi connectivity index (χ0n) is 10.4. The average Bonchev–Trinajstić information content (AvgIpc) is 2.21. The Hall–Kier alpha value is -0.280. The Balaban J connectivity index is 0. The summed E-state index contributed by atoms with van der Waals surface area (Å²) in [6.07, 6.45) is 1.75. The minimum absolute atomic E-state index is 0. The van der Waals surface area contributed by atoms with Crippen LogP contribution in [-0.4, -0.2) is 37.5 Å².